The smallest absolute Gasteiger partial charge is 0.293 e. The number of carbonyl (C=O) groups is 2. The van der Waals surface area contributed by atoms with Crippen molar-refractivity contribution in [3.8, 4) is 5.75 Å². The first-order valence-corrected chi connectivity index (χ1v) is 11.9. The van der Waals surface area contributed by atoms with Crippen molar-refractivity contribution < 1.29 is 14.3 Å². The summed E-state index contributed by atoms with van der Waals surface area (Å²) in [6.45, 7) is 0.471. The molecule has 8 heteroatoms. The van der Waals surface area contributed by atoms with Crippen molar-refractivity contribution in [2.45, 2.75) is 13.2 Å². The van der Waals surface area contributed by atoms with Crippen LogP contribution in [0.4, 0.5) is 4.79 Å². The molecule has 162 valence electrons. The molecule has 0 aliphatic carbocycles. The molecule has 1 aliphatic rings. The molecule has 1 fully saturated rings. The maximum atomic E-state index is 12.8. The Morgan fingerprint density at radius 2 is 1.59 bits per heavy atom. The van der Waals surface area contributed by atoms with Gasteiger partial charge in [0.15, 0.2) is 0 Å². The van der Waals surface area contributed by atoms with Crippen molar-refractivity contribution in [2.24, 2.45) is 0 Å². The van der Waals surface area contributed by atoms with Crippen LogP contribution < -0.4 is 4.74 Å². The number of ether oxygens (including phenoxy) is 1. The Kier molecular flexibility index (Phi) is 7.26. The second kappa shape index (κ2) is 10.1. The summed E-state index contributed by atoms with van der Waals surface area (Å²) in [4.78, 5) is 26.8. The number of benzene rings is 3. The lowest BCUT2D eigenvalue weighted by Gasteiger charge is -2.13. The maximum absolute atomic E-state index is 12.8. The van der Waals surface area contributed by atoms with Crippen LogP contribution in [0.2, 0.25) is 10.0 Å². The normalized spacial score (nSPS) is 15.0. The third-order valence-electron chi connectivity index (χ3n) is 4.75. The molecular formula is C24H16BrCl2NO3S. The molecule has 0 radical (unpaired) electrons. The quantitative estimate of drug-likeness (QED) is 0.298. The van der Waals surface area contributed by atoms with Gasteiger partial charge in [-0.1, -0.05) is 65.7 Å². The summed E-state index contributed by atoms with van der Waals surface area (Å²) in [5, 5.41) is 0.847. The molecule has 0 bridgehead atoms. The van der Waals surface area contributed by atoms with E-state index in [4.69, 9.17) is 27.9 Å². The highest BCUT2D eigenvalue weighted by molar-refractivity contribution is 9.10. The monoisotopic (exact) mass is 547 g/mol. The summed E-state index contributed by atoms with van der Waals surface area (Å²) in [5.74, 6) is 0.309. The lowest BCUT2D eigenvalue weighted by atomic mass is 10.2. The molecule has 1 saturated heterocycles. The van der Waals surface area contributed by atoms with Gasteiger partial charge in [-0.3, -0.25) is 14.5 Å². The molecule has 32 heavy (non-hydrogen) atoms. The van der Waals surface area contributed by atoms with Gasteiger partial charge in [-0.25, -0.2) is 0 Å². The average Bonchev–Trinajstić information content (AvgIpc) is 3.03. The van der Waals surface area contributed by atoms with Crippen molar-refractivity contribution >= 4 is 68.1 Å². The van der Waals surface area contributed by atoms with Gasteiger partial charge in [0, 0.05) is 15.6 Å². The fourth-order valence-electron chi connectivity index (χ4n) is 3.08. The zero-order valence-electron chi connectivity index (χ0n) is 16.6. The van der Waals surface area contributed by atoms with Crippen LogP contribution in [-0.4, -0.2) is 16.0 Å². The van der Waals surface area contributed by atoms with E-state index in [0.29, 0.717) is 27.3 Å². The summed E-state index contributed by atoms with van der Waals surface area (Å²) < 4.78 is 6.59. The molecule has 0 spiro atoms. The van der Waals surface area contributed by atoms with Crippen molar-refractivity contribution in [3.05, 3.63) is 103 Å². The average molecular weight is 549 g/mol. The molecular weight excluding hydrogens is 533 g/mol. The summed E-state index contributed by atoms with van der Waals surface area (Å²) in [6, 6.07) is 20.1. The van der Waals surface area contributed by atoms with E-state index in [9.17, 15) is 9.59 Å². The number of amides is 2. The Balaban J connectivity index is 1.47. The number of halogens is 3. The second-order valence-corrected chi connectivity index (χ2v) is 9.59. The van der Waals surface area contributed by atoms with Crippen molar-refractivity contribution in [1.82, 2.24) is 4.90 Å². The number of nitrogens with zero attached hydrogens (tertiary/aromatic N) is 1. The maximum Gasteiger partial charge on any atom is 0.293 e. The summed E-state index contributed by atoms with van der Waals surface area (Å²) >= 11 is 16.8. The van der Waals surface area contributed by atoms with Crippen LogP contribution in [-0.2, 0) is 17.9 Å². The molecule has 2 amide bonds. The third-order valence-corrected chi connectivity index (χ3v) is 7.02. The molecule has 1 aliphatic heterocycles. The first-order chi connectivity index (χ1) is 15.4. The molecule has 4 nitrogen and oxygen atoms in total. The van der Waals surface area contributed by atoms with Gasteiger partial charge in [0.05, 0.1) is 15.9 Å². The molecule has 3 aromatic rings. The highest BCUT2D eigenvalue weighted by Gasteiger charge is 2.35. The molecule has 0 N–H and O–H groups in total. The third kappa shape index (κ3) is 5.21. The van der Waals surface area contributed by atoms with Gasteiger partial charge in [0.2, 0.25) is 0 Å². The summed E-state index contributed by atoms with van der Waals surface area (Å²) in [5.41, 5.74) is 2.38. The van der Waals surface area contributed by atoms with Gasteiger partial charge in [-0.2, -0.15) is 0 Å². The molecule has 0 unspecified atom stereocenters. The van der Waals surface area contributed by atoms with E-state index in [1.165, 1.54) is 4.90 Å². The van der Waals surface area contributed by atoms with Gasteiger partial charge in [-0.15, -0.1) is 0 Å². The number of carbonyl (C=O) groups excluding carboxylic acids is 2. The first-order valence-electron chi connectivity index (χ1n) is 9.57. The Bertz CT molecular complexity index is 1230. The van der Waals surface area contributed by atoms with Crippen molar-refractivity contribution in [3.63, 3.8) is 0 Å². The number of hydrogen-bond acceptors (Lipinski definition) is 4. The predicted molar refractivity (Wildman–Crippen MR) is 133 cm³/mol. The standard InChI is InChI=1S/C24H16BrCl2NO3S/c25-18-11-15(9-10-21(18)31-14-17-6-2-4-8-20(17)27)12-22-23(29)28(24(30)32-22)13-16-5-1-3-7-19(16)26/h1-12H,13-14H2/b22-12+. The van der Waals surface area contributed by atoms with Crippen LogP contribution in [0.3, 0.4) is 0 Å². The minimum absolute atomic E-state index is 0.139. The van der Waals surface area contributed by atoms with E-state index < -0.39 is 0 Å². The topological polar surface area (TPSA) is 46.6 Å². The molecule has 0 atom stereocenters. The number of imide groups is 1. The van der Waals surface area contributed by atoms with E-state index in [1.807, 2.05) is 42.5 Å². The Labute approximate surface area is 208 Å². The predicted octanol–water partition coefficient (Wildman–Crippen LogP) is 7.57. The lowest BCUT2D eigenvalue weighted by Crippen LogP contribution is -2.27. The van der Waals surface area contributed by atoms with Crippen LogP contribution in [0.25, 0.3) is 6.08 Å². The second-order valence-electron chi connectivity index (χ2n) is 6.93. The molecule has 0 saturated carbocycles. The summed E-state index contributed by atoms with van der Waals surface area (Å²) in [7, 11) is 0. The van der Waals surface area contributed by atoms with Crippen LogP contribution >= 0.6 is 50.9 Å². The number of thioether (sulfide) groups is 1. The molecule has 3 aromatic carbocycles. The highest BCUT2D eigenvalue weighted by Crippen LogP contribution is 2.35. The lowest BCUT2D eigenvalue weighted by molar-refractivity contribution is -0.123. The van der Waals surface area contributed by atoms with Gasteiger partial charge >= 0.3 is 0 Å². The fraction of sp³-hybridized carbons (Fsp3) is 0.0833. The molecule has 1 heterocycles. The Morgan fingerprint density at radius 1 is 0.938 bits per heavy atom. The number of rotatable bonds is 6. The van der Waals surface area contributed by atoms with Crippen LogP contribution in [0.1, 0.15) is 16.7 Å². The van der Waals surface area contributed by atoms with Gasteiger partial charge < -0.3 is 4.74 Å². The van der Waals surface area contributed by atoms with E-state index >= 15 is 0 Å². The molecule has 0 aromatic heterocycles. The zero-order chi connectivity index (χ0) is 22.7. The van der Waals surface area contributed by atoms with E-state index in [1.54, 1.807) is 30.3 Å². The SMILES string of the molecule is O=C1S/C(=C/c2ccc(OCc3ccccc3Cl)c(Br)c2)C(=O)N1Cc1ccccc1Cl. The first kappa shape index (κ1) is 22.9. The Hall–Kier alpha value is -2.25. The van der Waals surface area contributed by atoms with E-state index in [2.05, 4.69) is 15.9 Å². The number of hydrogen-bond donors (Lipinski definition) is 0. The van der Waals surface area contributed by atoms with Crippen molar-refractivity contribution in [2.75, 3.05) is 0 Å². The minimum atomic E-state index is -0.338. The summed E-state index contributed by atoms with van der Waals surface area (Å²) in [6.07, 6.45) is 1.69. The fourth-order valence-corrected chi connectivity index (χ4v) is 4.81. The molecule has 4 rings (SSSR count). The van der Waals surface area contributed by atoms with E-state index in [0.717, 1.165) is 32.9 Å². The van der Waals surface area contributed by atoms with Crippen LogP contribution in [0, 0.1) is 0 Å². The minimum Gasteiger partial charge on any atom is -0.488 e. The Morgan fingerprint density at radius 3 is 2.25 bits per heavy atom. The van der Waals surface area contributed by atoms with Crippen molar-refractivity contribution in [1.29, 1.82) is 0 Å². The largest absolute Gasteiger partial charge is 0.488 e. The zero-order valence-corrected chi connectivity index (χ0v) is 20.5. The van der Waals surface area contributed by atoms with E-state index in [-0.39, 0.29) is 17.7 Å². The highest BCUT2D eigenvalue weighted by atomic mass is 79.9. The van der Waals surface area contributed by atoms with Crippen LogP contribution in [0.15, 0.2) is 76.1 Å². The van der Waals surface area contributed by atoms with Crippen LogP contribution in [0.5, 0.6) is 5.75 Å². The van der Waals surface area contributed by atoms with Gasteiger partial charge in [0.1, 0.15) is 12.4 Å². The van der Waals surface area contributed by atoms with Gasteiger partial charge in [0.25, 0.3) is 11.1 Å². The van der Waals surface area contributed by atoms with Gasteiger partial charge in [-0.05, 0) is 69.2 Å².